The fourth-order valence-corrected chi connectivity index (χ4v) is 2.06. The lowest BCUT2D eigenvalue weighted by Crippen LogP contribution is -2.42. The van der Waals surface area contributed by atoms with Gasteiger partial charge >= 0.3 is 5.97 Å². The van der Waals surface area contributed by atoms with Crippen molar-refractivity contribution >= 4 is 16.2 Å². The minimum atomic E-state index is -3.98. The lowest BCUT2D eigenvalue weighted by Gasteiger charge is -2.22. The number of carboxylic acids is 1. The van der Waals surface area contributed by atoms with Crippen LogP contribution in [0.1, 0.15) is 12.8 Å². The summed E-state index contributed by atoms with van der Waals surface area (Å²) >= 11 is 0. The van der Waals surface area contributed by atoms with E-state index in [0.717, 1.165) is 4.31 Å². The van der Waals surface area contributed by atoms with Crippen LogP contribution in [0.2, 0.25) is 0 Å². The number of nitrogens with two attached hydrogens (primary N) is 2. The van der Waals surface area contributed by atoms with Gasteiger partial charge in [-0.2, -0.15) is 12.7 Å². The van der Waals surface area contributed by atoms with Gasteiger partial charge in [-0.3, -0.25) is 4.79 Å². The highest BCUT2D eigenvalue weighted by molar-refractivity contribution is 7.86. The normalized spacial score (nSPS) is 14.0. The van der Waals surface area contributed by atoms with E-state index in [2.05, 4.69) is 0 Å². The second-order valence-electron chi connectivity index (χ2n) is 4.20. The van der Waals surface area contributed by atoms with E-state index in [0.29, 0.717) is 0 Å². The van der Waals surface area contributed by atoms with Crippen molar-refractivity contribution in [2.75, 3.05) is 26.3 Å². The summed E-state index contributed by atoms with van der Waals surface area (Å²) in [6.07, 6.45) is 0.139. The topological polar surface area (TPSA) is 167 Å². The molecule has 0 heterocycles. The molecule has 0 aliphatic rings. The van der Waals surface area contributed by atoms with Crippen LogP contribution in [-0.4, -0.2) is 66.4 Å². The zero-order valence-corrected chi connectivity index (χ0v) is 11.3. The number of hydrogen-bond donors (Lipinski definition) is 5. The van der Waals surface area contributed by atoms with Gasteiger partial charge in [0, 0.05) is 32.2 Å². The number of rotatable bonds is 10. The standard InChI is InChI=1S/C9H21N3O6S/c10-8(9(15)16)2-4-12(19(11,17)18)3-1-7(5-13)6-14/h7-8,13-14H,1-6,10H2,(H,15,16)(H2,11,17,18)/t8-/m0/s1. The summed E-state index contributed by atoms with van der Waals surface area (Å²) in [4.78, 5) is 10.5. The average molecular weight is 299 g/mol. The van der Waals surface area contributed by atoms with E-state index in [1.54, 1.807) is 0 Å². The van der Waals surface area contributed by atoms with Crippen molar-refractivity contribution in [3.8, 4) is 0 Å². The van der Waals surface area contributed by atoms with Gasteiger partial charge in [-0.15, -0.1) is 0 Å². The lowest BCUT2D eigenvalue weighted by atomic mass is 10.1. The van der Waals surface area contributed by atoms with Gasteiger partial charge in [-0.25, -0.2) is 5.14 Å². The summed E-state index contributed by atoms with van der Waals surface area (Å²) in [6, 6.07) is -1.17. The molecule has 114 valence electrons. The molecule has 10 heteroatoms. The molecule has 0 unspecified atom stereocenters. The maximum Gasteiger partial charge on any atom is 0.320 e. The predicted molar refractivity (Wildman–Crippen MR) is 67.2 cm³/mol. The largest absolute Gasteiger partial charge is 0.480 e. The van der Waals surface area contributed by atoms with Gasteiger partial charge in [0.25, 0.3) is 10.2 Å². The van der Waals surface area contributed by atoms with Crippen LogP contribution in [0.15, 0.2) is 0 Å². The zero-order chi connectivity index (χ0) is 15.1. The molecule has 0 radical (unpaired) electrons. The molecule has 7 N–H and O–H groups in total. The minimum absolute atomic E-state index is 0.0169. The Morgan fingerprint density at radius 3 is 2.00 bits per heavy atom. The second kappa shape index (κ2) is 8.40. The molecule has 0 fully saturated rings. The first kappa shape index (κ1) is 18.2. The van der Waals surface area contributed by atoms with Crippen molar-refractivity contribution in [3.63, 3.8) is 0 Å². The molecule has 0 rings (SSSR count). The van der Waals surface area contributed by atoms with Crippen molar-refractivity contribution in [1.29, 1.82) is 0 Å². The first-order valence-electron chi connectivity index (χ1n) is 5.70. The Hall–Kier alpha value is -0.780. The molecule has 0 aromatic carbocycles. The van der Waals surface area contributed by atoms with Gasteiger partial charge in [-0.1, -0.05) is 0 Å². The fraction of sp³-hybridized carbons (Fsp3) is 0.889. The van der Waals surface area contributed by atoms with Crippen molar-refractivity contribution in [3.05, 3.63) is 0 Å². The molecule has 9 nitrogen and oxygen atoms in total. The third-order valence-electron chi connectivity index (χ3n) is 2.67. The molecule has 0 aliphatic carbocycles. The predicted octanol–water partition coefficient (Wildman–Crippen LogP) is -2.72. The van der Waals surface area contributed by atoms with Crippen molar-refractivity contribution < 1.29 is 28.5 Å². The first-order chi connectivity index (χ1) is 8.72. The van der Waals surface area contributed by atoms with Crippen molar-refractivity contribution in [1.82, 2.24) is 4.31 Å². The summed E-state index contributed by atoms with van der Waals surface area (Å²) in [7, 11) is -3.98. The van der Waals surface area contributed by atoms with Crippen LogP contribution >= 0.6 is 0 Å². The number of hydrogen-bond acceptors (Lipinski definition) is 6. The SMILES string of the molecule is N[C@@H](CCN(CCC(CO)CO)S(N)(=O)=O)C(=O)O. The quantitative estimate of drug-likeness (QED) is 0.292. The Kier molecular flexibility index (Phi) is 8.06. The molecule has 1 atom stereocenters. The summed E-state index contributed by atoms with van der Waals surface area (Å²) in [5, 5.41) is 31.3. The van der Waals surface area contributed by atoms with Gasteiger partial charge in [-0.05, 0) is 12.8 Å². The Morgan fingerprint density at radius 1 is 1.16 bits per heavy atom. The van der Waals surface area contributed by atoms with Gasteiger partial charge in [0.05, 0.1) is 0 Å². The zero-order valence-electron chi connectivity index (χ0n) is 10.5. The van der Waals surface area contributed by atoms with Crippen LogP contribution in [0.25, 0.3) is 0 Å². The lowest BCUT2D eigenvalue weighted by molar-refractivity contribution is -0.138. The number of aliphatic hydroxyl groups excluding tert-OH is 2. The smallest absolute Gasteiger partial charge is 0.320 e. The van der Waals surface area contributed by atoms with Crippen molar-refractivity contribution in [2.45, 2.75) is 18.9 Å². The Bertz CT molecular complexity index is 370. The van der Waals surface area contributed by atoms with Crippen LogP contribution in [-0.2, 0) is 15.0 Å². The second-order valence-corrected chi connectivity index (χ2v) is 5.74. The Morgan fingerprint density at radius 2 is 1.63 bits per heavy atom. The van der Waals surface area contributed by atoms with E-state index >= 15 is 0 Å². The van der Waals surface area contributed by atoms with Gasteiger partial charge in [0.2, 0.25) is 0 Å². The molecule has 0 bridgehead atoms. The molecule has 0 saturated heterocycles. The van der Waals surface area contributed by atoms with Crippen molar-refractivity contribution in [2.24, 2.45) is 16.8 Å². The monoisotopic (exact) mass is 299 g/mol. The van der Waals surface area contributed by atoms with Crippen LogP contribution in [0.4, 0.5) is 0 Å². The van der Waals surface area contributed by atoms with Crippen LogP contribution < -0.4 is 10.9 Å². The molecule has 0 spiro atoms. The van der Waals surface area contributed by atoms with E-state index in [4.69, 9.17) is 26.2 Å². The Balaban J connectivity index is 4.45. The molecular weight excluding hydrogens is 278 g/mol. The number of nitrogens with zero attached hydrogens (tertiary/aromatic N) is 1. The maximum atomic E-state index is 11.3. The molecule has 0 aromatic rings. The Labute approximate surface area is 112 Å². The summed E-state index contributed by atoms with van der Waals surface area (Å²) in [5.41, 5.74) is 5.27. The molecule has 0 aromatic heterocycles. The van der Waals surface area contributed by atoms with Crippen LogP contribution in [0.5, 0.6) is 0 Å². The third kappa shape index (κ3) is 7.40. The molecular formula is C9H21N3O6S. The number of aliphatic hydroxyl groups is 2. The minimum Gasteiger partial charge on any atom is -0.480 e. The van der Waals surface area contributed by atoms with Gasteiger partial charge in [0.15, 0.2) is 0 Å². The highest BCUT2D eigenvalue weighted by Gasteiger charge is 2.21. The molecule has 19 heavy (non-hydrogen) atoms. The van der Waals surface area contributed by atoms with Gasteiger partial charge < -0.3 is 21.1 Å². The molecule has 0 saturated carbocycles. The number of carboxylic acid groups (broad SMARTS) is 1. The number of carbonyl (C=O) groups is 1. The van der Waals surface area contributed by atoms with Crippen LogP contribution in [0, 0.1) is 5.92 Å². The molecule has 0 amide bonds. The van der Waals surface area contributed by atoms with E-state index in [1.807, 2.05) is 0 Å². The molecule has 0 aliphatic heterocycles. The summed E-state index contributed by atoms with van der Waals surface area (Å²) in [6.45, 7) is -0.694. The highest BCUT2D eigenvalue weighted by atomic mass is 32.2. The summed E-state index contributed by atoms with van der Waals surface area (Å²) < 4.78 is 23.5. The van der Waals surface area contributed by atoms with Crippen LogP contribution in [0.3, 0.4) is 0 Å². The fourth-order valence-electron chi connectivity index (χ4n) is 1.34. The third-order valence-corrected chi connectivity index (χ3v) is 3.75. The highest BCUT2D eigenvalue weighted by Crippen LogP contribution is 2.07. The van der Waals surface area contributed by atoms with E-state index in [9.17, 15) is 13.2 Å². The van der Waals surface area contributed by atoms with E-state index in [-0.39, 0.29) is 39.1 Å². The first-order valence-corrected chi connectivity index (χ1v) is 7.20. The average Bonchev–Trinajstić information content (AvgIpc) is 2.31. The van der Waals surface area contributed by atoms with E-state index < -0.39 is 28.1 Å². The van der Waals surface area contributed by atoms with E-state index in [1.165, 1.54) is 0 Å². The maximum absolute atomic E-state index is 11.3. The number of aliphatic carboxylic acids is 1. The van der Waals surface area contributed by atoms with Gasteiger partial charge in [0.1, 0.15) is 6.04 Å². The summed E-state index contributed by atoms with van der Waals surface area (Å²) in [5.74, 6) is -1.67.